The van der Waals surface area contributed by atoms with Crippen molar-refractivity contribution >= 4 is 34.8 Å². The summed E-state index contributed by atoms with van der Waals surface area (Å²) in [6.07, 6.45) is 0. The van der Waals surface area contributed by atoms with Gasteiger partial charge in [0.25, 0.3) is 5.78 Å². The van der Waals surface area contributed by atoms with E-state index >= 15 is 0 Å². The van der Waals surface area contributed by atoms with Gasteiger partial charge in [-0.1, -0.05) is 23.2 Å². The summed E-state index contributed by atoms with van der Waals surface area (Å²) in [4.78, 5) is 9.19. The zero-order valence-electron chi connectivity index (χ0n) is 13.8. The van der Waals surface area contributed by atoms with E-state index in [-0.39, 0.29) is 12.6 Å². The van der Waals surface area contributed by atoms with E-state index in [2.05, 4.69) is 25.7 Å². The summed E-state index contributed by atoms with van der Waals surface area (Å²) < 4.78 is 1.53. The van der Waals surface area contributed by atoms with Crippen LogP contribution in [0.2, 0.25) is 10.0 Å². The Balaban J connectivity index is 1.88. The number of halogens is 2. The molecule has 0 amide bonds. The molecular weight excluding hydrogens is 375 g/mol. The van der Waals surface area contributed by atoms with E-state index in [1.54, 1.807) is 18.2 Å². The first-order valence-electron chi connectivity index (χ1n) is 8.23. The van der Waals surface area contributed by atoms with Crippen molar-refractivity contribution in [3.63, 3.8) is 0 Å². The molecule has 136 valence electrons. The number of rotatable bonds is 3. The third kappa shape index (κ3) is 3.00. The second kappa shape index (κ2) is 6.98. The van der Waals surface area contributed by atoms with Crippen LogP contribution >= 0.6 is 23.2 Å². The maximum Gasteiger partial charge on any atom is 0.254 e. The topological polar surface area (TPSA) is 119 Å². The SMILES string of the molecule is NCc1c(-c2ccc(Cl)cc2Cl)nc2nc(C3CNCCN3)nn2c1N. The zero-order chi connectivity index (χ0) is 18.3. The van der Waals surface area contributed by atoms with Gasteiger partial charge in [0.05, 0.1) is 16.8 Å². The molecule has 2 aromatic heterocycles. The monoisotopic (exact) mass is 392 g/mol. The quantitative estimate of drug-likeness (QED) is 0.531. The van der Waals surface area contributed by atoms with Crippen LogP contribution in [0.25, 0.3) is 17.0 Å². The molecule has 1 aromatic carbocycles. The van der Waals surface area contributed by atoms with Gasteiger partial charge in [-0.25, -0.2) is 4.98 Å². The lowest BCUT2D eigenvalue weighted by Crippen LogP contribution is -2.43. The molecule has 0 spiro atoms. The number of nitrogens with two attached hydrogens (primary N) is 2. The Morgan fingerprint density at radius 1 is 1.23 bits per heavy atom. The molecule has 1 aliphatic rings. The highest BCUT2D eigenvalue weighted by Crippen LogP contribution is 2.33. The van der Waals surface area contributed by atoms with Crippen LogP contribution in [0.3, 0.4) is 0 Å². The number of nitrogens with zero attached hydrogens (tertiary/aromatic N) is 4. The molecule has 4 rings (SSSR count). The molecular formula is C16H18Cl2N8. The summed E-state index contributed by atoms with van der Waals surface area (Å²) in [5.41, 5.74) is 14.2. The van der Waals surface area contributed by atoms with Crippen molar-refractivity contribution < 1.29 is 0 Å². The number of nitrogen functional groups attached to an aromatic ring is 1. The van der Waals surface area contributed by atoms with Crippen LogP contribution in [0.4, 0.5) is 5.82 Å². The molecule has 1 unspecified atom stereocenters. The molecule has 1 atom stereocenters. The van der Waals surface area contributed by atoms with E-state index in [4.69, 9.17) is 34.7 Å². The van der Waals surface area contributed by atoms with Gasteiger partial charge in [-0.15, -0.1) is 5.10 Å². The smallest absolute Gasteiger partial charge is 0.254 e. The van der Waals surface area contributed by atoms with Gasteiger partial charge >= 0.3 is 0 Å². The van der Waals surface area contributed by atoms with Crippen molar-refractivity contribution in [2.75, 3.05) is 25.4 Å². The van der Waals surface area contributed by atoms with E-state index in [1.165, 1.54) is 4.52 Å². The van der Waals surface area contributed by atoms with Crippen LogP contribution in [0.1, 0.15) is 17.4 Å². The predicted molar refractivity (Wildman–Crippen MR) is 102 cm³/mol. The number of benzene rings is 1. The second-order valence-electron chi connectivity index (χ2n) is 6.05. The average molecular weight is 393 g/mol. The Bertz CT molecular complexity index is 965. The summed E-state index contributed by atoms with van der Waals surface area (Å²) >= 11 is 12.4. The third-order valence-corrected chi connectivity index (χ3v) is 4.93. The number of hydrogen-bond acceptors (Lipinski definition) is 7. The molecule has 0 aliphatic carbocycles. The van der Waals surface area contributed by atoms with Gasteiger partial charge in [-0.3, -0.25) is 0 Å². The number of piperazine rings is 1. The van der Waals surface area contributed by atoms with Crippen molar-refractivity contribution in [3.05, 3.63) is 39.6 Å². The minimum Gasteiger partial charge on any atom is -0.383 e. The van der Waals surface area contributed by atoms with Crippen molar-refractivity contribution in [3.8, 4) is 11.3 Å². The lowest BCUT2D eigenvalue weighted by molar-refractivity contribution is 0.415. The van der Waals surface area contributed by atoms with Crippen LogP contribution in [-0.4, -0.2) is 39.2 Å². The Hall–Kier alpha value is -1.97. The first kappa shape index (κ1) is 17.4. The van der Waals surface area contributed by atoms with E-state index in [1.807, 2.05) is 0 Å². The van der Waals surface area contributed by atoms with Crippen molar-refractivity contribution in [1.29, 1.82) is 0 Å². The molecule has 10 heteroatoms. The van der Waals surface area contributed by atoms with Gasteiger partial charge in [0.1, 0.15) is 5.82 Å². The van der Waals surface area contributed by atoms with Crippen LogP contribution in [0, 0.1) is 0 Å². The van der Waals surface area contributed by atoms with Crippen LogP contribution < -0.4 is 22.1 Å². The summed E-state index contributed by atoms with van der Waals surface area (Å²) in [5, 5.41) is 12.2. The average Bonchev–Trinajstić information content (AvgIpc) is 3.07. The maximum atomic E-state index is 6.36. The van der Waals surface area contributed by atoms with E-state index < -0.39 is 0 Å². The fourth-order valence-corrected chi connectivity index (χ4v) is 3.56. The molecule has 1 saturated heterocycles. The minimum atomic E-state index is 0.00810. The fraction of sp³-hybridized carbons (Fsp3) is 0.312. The summed E-state index contributed by atoms with van der Waals surface area (Å²) in [6.45, 7) is 2.71. The standard InChI is InChI=1S/C16H18Cl2N8/c17-8-1-2-9(11(18)5-8)13-10(6-19)14(20)26-16(23-13)24-15(25-26)12-7-21-3-4-22-12/h1-2,5,12,21-22H,3-4,6-7,19-20H2. The van der Waals surface area contributed by atoms with Gasteiger partial charge in [-0.05, 0) is 18.2 Å². The zero-order valence-corrected chi connectivity index (χ0v) is 15.3. The highest BCUT2D eigenvalue weighted by molar-refractivity contribution is 6.36. The predicted octanol–water partition coefficient (Wildman–Crippen LogP) is 1.37. The molecule has 0 radical (unpaired) electrons. The molecule has 6 N–H and O–H groups in total. The van der Waals surface area contributed by atoms with Crippen LogP contribution in [-0.2, 0) is 6.54 Å². The van der Waals surface area contributed by atoms with Crippen molar-refractivity contribution in [1.82, 2.24) is 30.2 Å². The molecule has 3 aromatic rings. The summed E-state index contributed by atoms with van der Waals surface area (Å²) in [5.74, 6) is 1.45. The fourth-order valence-electron chi connectivity index (χ4n) is 3.06. The molecule has 26 heavy (non-hydrogen) atoms. The van der Waals surface area contributed by atoms with Crippen LogP contribution in [0.15, 0.2) is 18.2 Å². The van der Waals surface area contributed by atoms with E-state index in [0.29, 0.717) is 44.3 Å². The minimum absolute atomic E-state index is 0.00810. The lowest BCUT2D eigenvalue weighted by Gasteiger charge is -2.21. The maximum absolute atomic E-state index is 6.36. The van der Waals surface area contributed by atoms with Gasteiger partial charge < -0.3 is 22.1 Å². The molecule has 1 fully saturated rings. The number of nitrogens with one attached hydrogen (secondary N) is 2. The second-order valence-corrected chi connectivity index (χ2v) is 6.89. The number of anilines is 1. The lowest BCUT2D eigenvalue weighted by atomic mass is 10.1. The Morgan fingerprint density at radius 3 is 2.77 bits per heavy atom. The number of hydrogen-bond donors (Lipinski definition) is 4. The highest BCUT2D eigenvalue weighted by Gasteiger charge is 2.23. The van der Waals surface area contributed by atoms with Crippen molar-refractivity contribution in [2.45, 2.75) is 12.6 Å². The van der Waals surface area contributed by atoms with E-state index in [0.717, 1.165) is 19.6 Å². The van der Waals surface area contributed by atoms with Gasteiger partial charge in [0, 0.05) is 42.3 Å². The molecule has 0 bridgehead atoms. The Morgan fingerprint density at radius 2 is 2.08 bits per heavy atom. The Labute approximate surface area is 159 Å². The van der Waals surface area contributed by atoms with Gasteiger partial charge in [0.15, 0.2) is 5.82 Å². The highest BCUT2D eigenvalue weighted by atomic mass is 35.5. The third-order valence-electron chi connectivity index (χ3n) is 4.38. The van der Waals surface area contributed by atoms with Gasteiger partial charge in [-0.2, -0.15) is 9.50 Å². The normalized spacial score (nSPS) is 17.7. The largest absolute Gasteiger partial charge is 0.383 e. The van der Waals surface area contributed by atoms with Gasteiger partial charge in [0.2, 0.25) is 0 Å². The number of aromatic nitrogens is 4. The first-order chi connectivity index (χ1) is 12.6. The molecule has 8 nitrogen and oxygen atoms in total. The molecule has 1 aliphatic heterocycles. The summed E-state index contributed by atoms with van der Waals surface area (Å²) in [6, 6.07) is 5.21. The van der Waals surface area contributed by atoms with Crippen LogP contribution in [0.5, 0.6) is 0 Å². The molecule has 3 heterocycles. The first-order valence-corrected chi connectivity index (χ1v) is 8.98. The van der Waals surface area contributed by atoms with Crippen molar-refractivity contribution in [2.24, 2.45) is 5.73 Å². The molecule has 0 saturated carbocycles. The number of fused-ring (bicyclic) bond motifs is 1. The summed E-state index contributed by atoms with van der Waals surface area (Å²) in [7, 11) is 0. The Kier molecular flexibility index (Phi) is 4.68. The van der Waals surface area contributed by atoms with E-state index in [9.17, 15) is 0 Å².